The molecule has 0 spiro atoms. The molecule has 1 N–H and O–H groups in total. The third kappa shape index (κ3) is 6.97. The van der Waals surface area contributed by atoms with Crippen LogP contribution in [0.1, 0.15) is 39.2 Å². The Labute approximate surface area is 173 Å². The molecule has 2 atom stereocenters. The standard InChI is InChI=1S/C20H25IO6/c1-4-14(2)27-19(25)20(18(23)24,11-7-8-12-26-15(3)22)13-16-9-5-6-10-17(16)21/h5-10,14H,4,11-13H2,1-3H3,(H,23,24). The maximum absolute atomic E-state index is 12.8. The fraction of sp³-hybridized carbons (Fsp3) is 0.450. The minimum atomic E-state index is -1.75. The number of carboxylic acids is 1. The number of hydrogen-bond acceptors (Lipinski definition) is 5. The monoisotopic (exact) mass is 488 g/mol. The van der Waals surface area contributed by atoms with Crippen molar-refractivity contribution in [2.45, 2.75) is 46.1 Å². The minimum Gasteiger partial charge on any atom is -0.480 e. The van der Waals surface area contributed by atoms with Gasteiger partial charge in [0.2, 0.25) is 0 Å². The van der Waals surface area contributed by atoms with Gasteiger partial charge in [-0.25, -0.2) is 0 Å². The van der Waals surface area contributed by atoms with E-state index < -0.39 is 23.3 Å². The first-order valence-corrected chi connectivity index (χ1v) is 9.77. The van der Waals surface area contributed by atoms with Gasteiger partial charge >= 0.3 is 17.9 Å². The second-order valence-corrected chi connectivity index (χ2v) is 7.42. The molecule has 27 heavy (non-hydrogen) atoms. The van der Waals surface area contributed by atoms with Crippen molar-refractivity contribution in [2.75, 3.05) is 6.61 Å². The molecule has 7 heteroatoms. The number of halogens is 1. The largest absolute Gasteiger partial charge is 0.480 e. The Morgan fingerprint density at radius 3 is 2.48 bits per heavy atom. The van der Waals surface area contributed by atoms with E-state index in [-0.39, 0.29) is 25.6 Å². The Bertz CT molecular complexity index is 699. The quantitative estimate of drug-likeness (QED) is 0.234. The molecule has 0 heterocycles. The summed E-state index contributed by atoms with van der Waals surface area (Å²) in [4.78, 5) is 35.9. The molecule has 0 aliphatic carbocycles. The van der Waals surface area contributed by atoms with Crippen molar-refractivity contribution in [1.82, 2.24) is 0 Å². The molecule has 2 unspecified atom stereocenters. The number of benzene rings is 1. The van der Waals surface area contributed by atoms with Crippen molar-refractivity contribution in [3.63, 3.8) is 0 Å². The lowest BCUT2D eigenvalue weighted by Crippen LogP contribution is -2.43. The van der Waals surface area contributed by atoms with Crippen molar-refractivity contribution >= 4 is 40.5 Å². The fourth-order valence-electron chi connectivity index (χ4n) is 2.34. The molecule has 0 amide bonds. The summed E-state index contributed by atoms with van der Waals surface area (Å²) in [5, 5.41) is 9.95. The Balaban J connectivity index is 3.16. The van der Waals surface area contributed by atoms with Gasteiger partial charge in [0.1, 0.15) is 6.61 Å². The fourth-order valence-corrected chi connectivity index (χ4v) is 2.92. The third-order valence-corrected chi connectivity index (χ3v) is 5.20. The number of aliphatic carboxylic acids is 1. The number of carboxylic acid groups (broad SMARTS) is 1. The molecule has 0 aliphatic heterocycles. The van der Waals surface area contributed by atoms with Crippen molar-refractivity contribution in [2.24, 2.45) is 5.41 Å². The molecule has 1 aromatic rings. The van der Waals surface area contributed by atoms with E-state index in [0.717, 1.165) is 9.13 Å². The summed E-state index contributed by atoms with van der Waals surface area (Å²) in [6.07, 6.45) is 3.23. The van der Waals surface area contributed by atoms with Crippen LogP contribution in [0.3, 0.4) is 0 Å². The topological polar surface area (TPSA) is 89.9 Å². The van der Waals surface area contributed by atoms with Crippen LogP contribution in [0.2, 0.25) is 0 Å². The number of rotatable bonds is 10. The number of hydrogen-bond donors (Lipinski definition) is 1. The molecule has 1 aromatic carbocycles. The van der Waals surface area contributed by atoms with Crippen LogP contribution in [0.4, 0.5) is 0 Å². The minimum absolute atomic E-state index is 0.00855. The first-order chi connectivity index (χ1) is 12.7. The molecule has 0 radical (unpaired) electrons. The summed E-state index contributed by atoms with van der Waals surface area (Å²) in [6, 6.07) is 7.32. The molecule has 0 saturated heterocycles. The van der Waals surface area contributed by atoms with Crippen LogP contribution in [0, 0.1) is 8.99 Å². The molecule has 0 aromatic heterocycles. The SMILES string of the molecule is CCC(C)OC(=O)C(CC=CCOC(C)=O)(Cc1ccccc1I)C(=O)O. The predicted octanol–water partition coefficient (Wildman–Crippen LogP) is 3.76. The smallest absolute Gasteiger partial charge is 0.324 e. The van der Waals surface area contributed by atoms with Gasteiger partial charge in [-0.15, -0.1) is 0 Å². The van der Waals surface area contributed by atoms with E-state index in [1.165, 1.54) is 13.0 Å². The highest BCUT2D eigenvalue weighted by Gasteiger charge is 2.47. The highest BCUT2D eigenvalue weighted by Crippen LogP contribution is 2.32. The Morgan fingerprint density at radius 2 is 1.93 bits per heavy atom. The summed E-state index contributed by atoms with van der Waals surface area (Å²) in [5.41, 5.74) is -0.993. The van der Waals surface area contributed by atoms with Gasteiger partial charge in [0.05, 0.1) is 6.10 Å². The summed E-state index contributed by atoms with van der Waals surface area (Å²) in [5.74, 6) is -2.44. The van der Waals surface area contributed by atoms with Gasteiger partial charge in [-0.2, -0.15) is 0 Å². The third-order valence-electron chi connectivity index (χ3n) is 4.15. The van der Waals surface area contributed by atoms with Gasteiger partial charge in [-0.1, -0.05) is 37.3 Å². The molecule has 6 nitrogen and oxygen atoms in total. The predicted molar refractivity (Wildman–Crippen MR) is 109 cm³/mol. The van der Waals surface area contributed by atoms with Gasteiger partial charge in [0.25, 0.3) is 0 Å². The second-order valence-electron chi connectivity index (χ2n) is 6.26. The van der Waals surface area contributed by atoms with Gasteiger partial charge in [-0.3, -0.25) is 14.4 Å². The lowest BCUT2D eigenvalue weighted by atomic mass is 9.78. The molecular weight excluding hydrogens is 463 g/mol. The van der Waals surface area contributed by atoms with Crippen LogP contribution >= 0.6 is 22.6 Å². The van der Waals surface area contributed by atoms with Crippen LogP contribution < -0.4 is 0 Å². The lowest BCUT2D eigenvalue weighted by molar-refractivity contribution is -0.172. The summed E-state index contributed by atoms with van der Waals surface area (Å²) >= 11 is 2.12. The van der Waals surface area contributed by atoms with E-state index in [2.05, 4.69) is 22.6 Å². The van der Waals surface area contributed by atoms with E-state index >= 15 is 0 Å². The first kappa shape index (κ1) is 23.1. The maximum atomic E-state index is 12.8. The van der Waals surface area contributed by atoms with Crippen LogP contribution in [0.25, 0.3) is 0 Å². The summed E-state index contributed by atoms with van der Waals surface area (Å²) < 4.78 is 11.1. The number of allylic oxidation sites excluding steroid dienone is 1. The maximum Gasteiger partial charge on any atom is 0.324 e. The second kappa shape index (κ2) is 11.1. The van der Waals surface area contributed by atoms with E-state index in [1.807, 2.05) is 19.1 Å². The Morgan fingerprint density at radius 1 is 1.26 bits per heavy atom. The Hall–Kier alpha value is -1.90. The first-order valence-electron chi connectivity index (χ1n) is 8.69. The number of ether oxygens (including phenoxy) is 2. The van der Waals surface area contributed by atoms with Gasteiger partial charge < -0.3 is 14.6 Å². The van der Waals surface area contributed by atoms with Crippen molar-refractivity contribution < 1.29 is 29.0 Å². The van der Waals surface area contributed by atoms with E-state index in [4.69, 9.17) is 9.47 Å². The molecule has 0 saturated carbocycles. The molecule has 1 rings (SSSR count). The van der Waals surface area contributed by atoms with E-state index in [1.54, 1.807) is 25.1 Å². The number of esters is 2. The lowest BCUT2D eigenvalue weighted by Gasteiger charge is -2.28. The van der Waals surface area contributed by atoms with Crippen LogP contribution in [0.15, 0.2) is 36.4 Å². The van der Waals surface area contributed by atoms with Crippen molar-refractivity contribution in [3.05, 3.63) is 45.6 Å². The van der Waals surface area contributed by atoms with Crippen molar-refractivity contribution in [1.29, 1.82) is 0 Å². The highest BCUT2D eigenvalue weighted by molar-refractivity contribution is 14.1. The van der Waals surface area contributed by atoms with E-state index in [0.29, 0.717) is 6.42 Å². The zero-order valence-corrected chi connectivity index (χ0v) is 17.9. The molecule has 0 fully saturated rings. The number of carbonyl (C=O) groups excluding carboxylic acids is 2. The highest BCUT2D eigenvalue weighted by atomic mass is 127. The van der Waals surface area contributed by atoms with Crippen LogP contribution in [0.5, 0.6) is 0 Å². The average molecular weight is 488 g/mol. The average Bonchev–Trinajstić information content (AvgIpc) is 2.61. The molecule has 0 aliphatic rings. The molecule has 0 bridgehead atoms. The van der Waals surface area contributed by atoms with Crippen molar-refractivity contribution in [3.8, 4) is 0 Å². The summed E-state index contributed by atoms with van der Waals surface area (Å²) in [6.45, 7) is 4.90. The normalized spacial score (nSPS) is 14.4. The van der Waals surface area contributed by atoms with Gasteiger partial charge in [0.15, 0.2) is 5.41 Å². The van der Waals surface area contributed by atoms with Crippen LogP contribution in [-0.2, 0) is 30.3 Å². The zero-order valence-electron chi connectivity index (χ0n) is 15.7. The van der Waals surface area contributed by atoms with Gasteiger partial charge in [-0.05, 0) is 54.0 Å². The van der Waals surface area contributed by atoms with Crippen LogP contribution in [-0.4, -0.2) is 35.7 Å². The Kier molecular flexibility index (Phi) is 9.48. The van der Waals surface area contributed by atoms with Gasteiger partial charge in [0, 0.05) is 16.9 Å². The summed E-state index contributed by atoms with van der Waals surface area (Å²) in [7, 11) is 0. The zero-order chi connectivity index (χ0) is 20.4. The molecule has 148 valence electrons. The molecular formula is C20H25IO6. The number of carbonyl (C=O) groups is 3. The van der Waals surface area contributed by atoms with E-state index in [9.17, 15) is 19.5 Å².